The van der Waals surface area contributed by atoms with Crippen LogP contribution in [0, 0.1) is 12.8 Å². The van der Waals surface area contributed by atoms with Crippen LogP contribution in [-0.4, -0.2) is 9.97 Å². The third kappa shape index (κ3) is 2.64. The molecule has 1 heterocycles. The fourth-order valence-electron chi connectivity index (χ4n) is 2.77. The molecule has 1 aromatic heterocycles. The number of nitrogen functional groups attached to an aromatic ring is 1. The Morgan fingerprint density at radius 1 is 1.22 bits per heavy atom. The molecule has 3 N–H and O–H groups in total. The fraction of sp³-hybridized carbons (Fsp3) is 0.714. The van der Waals surface area contributed by atoms with E-state index in [0.29, 0.717) is 5.92 Å². The van der Waals surface area contributed by atoms with Gasteiger partial charge in [-0.25, -0.2) is 15.8 Å². The van der Waals surface area contributed by atoms with Crippen molar-refractivity contribution in [1.29, 1.82) is 0 Å². The monoisotopic (exact) mass is 248 g/mol. The van der Waals surface area contributed by atoms with Gasteiger partial charge in [0.15, 0.2) is 0 Å². The number of hydrogen-bond donors (Lipinski definition) is 2. The molecule has 1 aliphatic rings. The number of nitrogens with zero attached hydrogens (tertiary/aromatic N) is 2. The minimum Gasteiger partial charge on any atom is -0.308 e. The van der Waals surface area contributed by atoms with Crippen LogP contribution in [0.1, 0.15) is 62.5 Å². The largest absolute Gasteiger partial charge is 0.308 e. The lowest BCUT2D eigenvalue weighted by Crippen LogP contribution is -2.18. The molecule has 2 rings (SSSR count). The van der Waals surface area contributed by atoms with Gasteiger partial charge in [0.05, 0.1) is 0 Å². The molecule has 1 aromatic rings. The van der Waals surface area contributed by atoms with Crippen LogP contribution >= 0.6 is 0 Å². The van der Waals surface area contributed by atoms with E-state index in [1.165, 1.54) is 25.7 Å². The van der Waals surface area contributed by atoms with Gasteiger partial charge in [0.1, 0.15) is 11.6 Å². The highest BCUT2D eigenvalue weighted by Gasteiger charge is 2.23. The summed E-state index contributed by atoms with van der Waals surface area (Å²) in [6, 6.07) is 0. The number of aryl methyl sites for hydroxylation is 1. The molecular weight excluding hydrogens is 224 g/mol. The van der Waals surface area contributed by atoms with Gasteiger partial charge >= 0.3 is 0 Å². The van der Waals surface area contributed by atoms with Crippen LogP contribution in [0.5, 0.6) is 0 Å². The fourth-order valence-corrected chi connectivity index (χ4v) is 2.77. The maximum atomic E-state index is 5.55. The topological polar surface area (TPSA) is 63.8 Å². The predicted molar refractivity (Wildman–Crippen MR) is 74.3 cm³/mol. The number of nitrogens with one attached hydrogen (secondary N) is 1. The molecule has 100 valence electrons. The quantitative estimate of drug-likeness (QED) is 0.637. The summed E-state index contributed by atoms with van der Waals surface area (Å²) < 4.78 is 0. The van der Waals surface area contributed by atoms with E-state index in [4.69, 9.17) is 10.8 Å². The van der Waals surface area contributed by atoms with E-state index in [-0.39, 0.29) is 0 Å². The lowest BCUT2D eigenvalue weighted by molar-refractivity contribution is 0.339. The summed E-state index contributed by atoms with van der Waals surface area (Å²) in [4.78, 5) is 9.34. The highest BCUT2D eigenvalue weighted by Crippen LogP contribution is 2.34. The molecule has 0 spiro atoms. The van der Waals surface area contributed by atoms with Gasteiger partial charge in [-0.2, -0.15) is 0 Å². The van der Waals surface area contributed by atoms with Crippen LogP contribution < -0.4 is 11.3 Å². The first-order chi connectivity index (χ1) is 8.65. The maximum absolute atomic E-state index is 5.55. The van der Waals surface area contributed by atoms with Crippen molar-refractivity contribution in [2.24, 2.45) is 11.8 Å². The summed E-state index contributed by atoms with van der Waals surface area (Å²) in [6.45, 7) is 6.49. The smallest absolute Gasteiger partial charge is 0.146 e. The first-order valence-electron chi connectivity index (χ1n) is 6.99. The highest BCUT2D eigenvalue weighted by atomic mass is 15.3. The summed E-state index contributed by atoms with van der Waals surface area (Å²) >= 11 is 0. The van der Waals surface area contributed by atoms with Gasteiger partial charge in [-0.15, -0.1) is 0 Å². The molecule has 0 saturated heterocycles. The molecule has 4 nitrogen and oxygen atoms in total. The summed E-state index contributed by atoms with van der Waals surface area (Å²) in [5.41, 5.74) is 4.90. The number of hydrazine groups is 1. The van der Waals surface area contributed by atoms with E-state index in [1.54, 1.807) is 0 Å². The zero-order valence-corrected chi connectivity index (χ0v) is 11.7. The van der Waals surface area contributed by atoms with E-state index in [0.717, 1.165) is 35.2 Å². The SMILES string of the molecule is CCc1nc(C2CCC(C)CC2)nc(NN)c1C. The normalized spacial score (nSPS) is 24.0. The number of aromatic nitrogens is 2. The second kappa shape index (κ2) is 5.65. The number of hydrogen-bond acceptors (Lipinski definition) is 4. The Labute approximate surface area is 109 Å². The Kier molecular flexibility index (Phi) is 4.17. The molecule has 18 heavy (non-hydrogen) atoms. The molecule has 0 bridgehead atoms. The second-order valence-corrected chi connectivity index (χ2v) is 5.46. The van der Waals surface area contributed by atoms with Crippen molar-refractivity contribution in [1.82, 2.24) is 9.97 Å². The molecule has 0 aliphatic heterocycles. The van der Waals surface area contributed by atoms with E-state index in [2.05, 4.69) is 24.3 Å². The van der Waals surface area contributed by atoms with Crippen LogP contribution in [0.15, 0.2) is 0 Å². The van der Waals surface area contributed by atoms with Crippen LogP contribution in [0.3, 0.4) is 0 Å². The Balaban J connectivity index is 2.27. The van der Waals surface area contributed by atoms with Crippen molar-refractivity contribution >= 4 is 5.82 Å². The molecule has 0 atom stereocenters. The van der Waals surface area contributed by atoms with E-state index >= 15 is 0 Å². The molecule has 0 radical (unpaired) electrons. The zero-order chi connectivity index (χ0) is 13.1. The average molecular weight is 248 g/mol. The van der Waals surface area contributed by atoms with Crippen LogP contribution in [0.4, 0.5) is 5.82 Å². The summed E-state index contributed by atoms with van der Waals surface area (Å²) in [6.07, 6.45) is 5.91. The molecule has 0 unspecified atom stereocenters. The Hall–Kier alpha value is -1.16. The van der Waals surface area contributed by atoms with E-state index < -0.39 is 0 Å². The molecule has 4 heteroatoms. The van der Waals surface area contributed by atoms with Crippen molar-refractivity contribution < 1.29 is 0 Å². The van der Waals surface area contributed by atoms with Gasteiger partial charge in [-0.1, -0.05) is 26.7 Å². The lowest BCUT2D eigenvalue weighted by Gasteiger charge is -2.26. The van der Waals surface area contributed by atoms with Crippen LogP contribution in [-0.2, 0) is 6.42 Å². The van der Waals surface area contributed by atoms with Gasteiger partial charge in [0, 0.05) is 17.2 Å². The third-order valence-electron chi connectivity index (χ3n) is 4.12. The van der Waals surface area contributed by atoms with Crippen molar-refractivity contribution in [2.75, 3.05) is 5.43 Å². The average Bonchev–Trinajstić information content (AvgIpc) is 2.40. The van der Waals surface area contributed by atoms with Crippen molar-refractivity contribution in [3.63, 3.8) is 0 Å². The Morgan fingerprint density at radius 3 is 2.44 bits per heavy atom. The van der Waals surface area contributed by atoms with Gasteiger partial charge < -0.3 is 5.43 Å². The van der Waals surface area contributed by atoms with Crippen molar-refractivity contribution in [3.8, 4) is 0 Å². The standard InChI is InChI=1S/C14H24N4/c1-4-12-10(3)13(18-15)17-14(16-12)11-7-5-9(2)6-8-11/h9,11H,4-8,15H2,1-3H3,(H,16,17,18). The number of anilines is 1. The first-order valence-corrected chi connectivity index (χ1v) is 6.99. The molecule has 0 aromatic carbocycles. The Bertz CT molecular complexity index is 383. The maximum Gasteiger partial charge on any atom is 0.146 e. The zero-order valence-electron chi connectivity index (χ0n) is 11.7. The molecule has 0 amide bonds. The highest BCUT2D eigenvalue weighted by molar-refractivity contribution is 5.45. The molecule has 1 fully saturated rings. The van der Waals surface area contributed by atoms with Crippen molar-refractivity contribution in [3.05, 3.63) is 17.1 Å². The number of nitrogens with two attached hydrogens (primary N) is 1. The molecular formula is C14H24N4. The summed E-state index contributed by atoms with van der Waals surface area (Å²) in [5, 5.41) is 0. The first kappa shape index (κ1) is 13.3. The second-order valence-electron chi connectivity index (χ2n) is 5.46. The van der Waals surface area contributed by atoms with Crippen LogP contribution in [0.25, 0.3) is 0 Å². The Morgan fingerprint density at radius 2 is 1.89 bits per heavy atom. The van der Waals surface area contributed by atoms with Gasteiger partial charge in [0.2, 0.25) is 0 Å². The minimum absolute atomic E-state index is 0.513. The van der Waals surface area contributed by atoms with E-state index in [1.807, 2.05) is 6.92 Å². The van der Waals surface area contributed by atoms with Gasteiger partial charge in [0.25, 0.3) is 0 Å². The van der Waals surface area contributed by atoms with Gasteiger partial charge in [-0.3, -0.25) is 0 Å². The van der Waals surface area contributed by atoms with Crippen molar-refractivity contribution in [2.45, 2.75) is 58.8 Å². The summed E-state index contributed by atoms with van der Waals surface area (Å²) in [5.74, 6) is 8.69. The van der Waals surface area contributed by atoms with E-state index in [9.17, 15) is 0 Å². The minimum atomic E-state index is 0.513. The predicted octanol–water partition coefficient (Wildman–Crippen LogP) is 2.93. The lowest BCUT2D eigenvalue weighted by atomic mass is 9.82. The van der Waals surface area contributed by atoms with Gasteiger partial charge in [-0.05, 0) is 32.1 Å². The van der Waals surface area contributed by atoms with Crippen LogP contribution in [0.2, 0.25) is 0 Å². The third-order valence-corrected chi connectivity index (χ3v) is 4.12. The number of rotatable bonds is 3. The summed E-state index contributed by atoms with van der Waals surface area (Å²) in [7, 11) is 0. The molecule has 1 aliphatic carbocycles. The molecule has 1 saturated carbocycles.